The van der Waals surface area contributed by atoms with E-state index in [9.17, 15) is 31.9 Å². The summed E-state index contributed by atoms with van der Waals surface area (Å²) in [7, 11) is 1.33. The lowest BCUT2D eigenvalue weighted by Crippen LogP contribution is -2.51. The van der Waals surface area contributed by atoms with Gasteiger partial charge in [0, 0.05) is 28.7 Å². The number of halogens is 5. The van der Waals surface area contributed by atoms with E-state index in [1.54, 1.807) is 0 Å². The molecule has 2 atom stereocenters. The lowest BCUT2D eigenvalue weighted by atomic mass is 9.85. The Hall–Kier alpha value is -3.97. The number of amides is 1. The van der Waals surface area contributed by atoms with Crippen LogP contribution in [0, 0.1) is 11.6 Å². The highest BCUT2D eigenvalue weighted by atomic mass is 19.4. The summed E-state index contributed by atoms with van der Waals surface area (Å²) in [5.74, 6) is -3.28. The minimum absolute atomic E-state index is 0.0148. The summed E-state index contributed by atoms with van der Waals surface area (Å²) in [6.07, 6.45) is -3.80. The molecule has 2 heterocycles. The molecule has 1 amide bonds. The molecule has 1 saturated carbocycles. The predicted molar refractivity (Wildman–Crippen MR) is 135 cm³/mol. The number of aliphatic hydroxyl groups is 1. The largest absolute Gasteiger partial charge is 0.493 e. The van der Waals surface area contributed by atoms with Crippen LogP contribution >= 0.6 is 0 Å². The van der Waals surface area contributed by atoms with Crippen molar-refractivity contribution < 1.29 is 46.1 Å². The smallest absolute Gasteiger partial charge is 0.414 e. The van der Waals surface area contributed by atoms with Crippen LogP contribution in [0.4, 0.5) is 22.0 Å². The van der Waals surface area contributed by atoms with Crippen LogP contribution in [0.2, 0.25) is 0 Å². The molecular formula is C28H26F5N3O5. The topological polar surface area (TPSA) is 130 Å². The van der Waals surface area contributed by atoms with Crippen LogP contribution in [-0.2, 0) is 17.6 Å². The van der Waals surface area contributed by atoms with Gasteiger partial charge < -0.3 is 30.8 Å². The van der Waals surface area contributed by atoms with Gasteiger partial charge in [0.2, 0.25) is 5.91 Å². The SMILES string of the molecule is COc1c(OC2CC2)ccc(C(N)=O)c1C[C@](C)(O)c1cc2c(c(-c3ccc(F)c(F)c3)n1)OC[C@@]2(N)C(F)(F)F. The first-order valence-corrected chi connectivity index (χ1v) is 12.5. The Morgan fingerprint density at radius 2 is 1.88 bits per heavy atom. The van der Waals surface area contributed by atoms with Crippen molar-refractivity contribution in [3.63, 3.8) is 0 Å². The highest BCUT2D eigenvalue weighted by Crippen LogP contribution is 2.50. The predicted octanol–water partition coefficient (Wildman–Crippen LogP) is 4.23. The number of hydrogen-bond donors (Lipinski definition) is 3. The fraction of sp³-hybridized carbons (Fsp3) is 0.357. The highest BCUT2D eigenvalue weighted by molar-refractivity contribution is 5.95. The van der Waals surface area contributed by atoms with Gasteiger partial charge in [-0.1, -0.05) is 0 Å². The van der Waals surface area contributed by atoms with Crippen molar-refractivity contribution in [1.29, 1.82) is 0 Å². The van der Waals surface area contributed by atoms with Crippen molar-refractivity contribution in [2.75, 3.05) is 13.7 Å². The molecule has 13 heteroatoms. The van der Waals surface area contributed by atoms with Crippen LogP contribution < -0.4 is 25.7 Å². The molecule has 1 aliphatic heterocycles. The van der Waals surface area contributed by atoms with Gasteiger partial charge in [0.05, 0.1) is 18.9 Å². The van der Waals surface area contributed by atoms with Gasteiger partial charge in [-0.3, -0.25) is 4.79 Å². The second kappa shape index (κ2) is 9.84. The first-order chi connectivity index (χ1) is 19.2. The Balaban J connectivity index is 1.68. The molecule has 1 fully saturated rings. The van der Waals surface area contributed by atoms with Gasteiger partial charge in [-0.15, -0.1) is 0 Å². The van der Waals surface area contributed by atoms with E-state index in [-0.39, 0.29) is 45.7 Å². The highest BCUT2D eigenvalue weighted by Gasteiger charge is 2.59. The van der Waals surface area contributed by atoms with Gasteiger partial charge in [-0.25, -0.2) is 13.8 Å². The number of primary amides is 1. The van der Waals surface area contributed by atoms with Crippen molar-refractivity contribution in [3.05, 3.63) is 70.4 Å². The number of hydrogen-bond acceptors (Lipinski definition) is 7. The number of nitrogens with zero attached hydrogens (tertiary/aromatic N) is 1. The van der Waals surface area contributed by atoms with Crippen LogP contribution in [0.1, 0.15) is 46.9 Å². The second-order valence-electron chi connectivity index (χ2n) is 10.4. The van der Waals surface area contributed by atoms with Crippen molar-refractivity contribution in [2.24, 2.45) is 11.5 Å². The minimum atomic E-state index is -4.98. The third-order valence-electron chi connectivity index (χ3n) is 7.18. The van der Waals surface area contributed by atoms with Gasteiger partial charge in [0.25, 0.3) is 0 Å². The summed E-state index contributed by atoms with van der Waals surface area (Å²) >= 11 is 0. The van der Waals surface area contributed by atoms with Gasteiger partial charge in [0.15, 0.2) is 34.4 Å². The molecule has 1 aliphatic carbocycles. The summed E-state index contributed by atoms with van der Waals surface area (Å²) in [5, 5.41) is 11.7. The minimum Gasteiger partial charge on any atom is -0.493 e. The molecule has 2 aromatic carbocycles. The van der Waals surface area contributed by atoms with Crippen molar-refractivity contribution in [3.8, 4) is 28.5 Å². The summed E-state index contributed by atoms with van der Waals surface area (Å²) in [5.41, 5.74) is 5.17. The molecule has 0 bridgehead atoms. The van der Waals surface area contributed by atoms with Gasteiger partial charge in [-0.05, 0) is 56.2 Å². The summed E-state index contributed by atoms with van der Waals surface area (Å²) in [6.45, 7) is 0.257. The monoisotopic (exact) mass is 579 g/mol. The van der Waals surface area contributed by atoms with Crippen LogP contribution in [0.25, 0.3) is 11.3 Å². The molecule has 0 saturated heterocycles. The van der Waals surface area contributed by atoms with E-state index in [1.807, 2.05) is 0 Å². The Morgan fingerprint density at radius 3 is 2.46 bits per heavy atom. The molecule has 0 unspecified atom stereocenters. The number of benzene rings is 2. The number of carbonyl (C=O) groups excluding carboxylic acids is 1. The molecule has 218 valence electrons. The average Bonchev–Trinajstić information content (AvgIpc) is 3.64. The molecule has 41 heavy (non-hydrogen) atoms. The van der Waals surface area contributed by atoms with E-state index >= 15 is 0 Å². The Bertz CT molecular complexity index is 1540. The molecule has 2 aliphatic rings. The standard InChI is InChI=1S/C28H26F5N3O5/c1-26(38,11-16-15(25(34)37)6-8-20(23(16)39-2)41-14-4-5-14)21-10-17-24(40-12-27(17,35)28(31,32)33)22(36-21)13-3-7-18(29)19(30)9-13/h3,6-10,14,38H,4-5,11-12,35H2,1-2H3,(H2,34,37)/t26-,27-/m0/s1. The van der Waals surface area contributed by atoms with Crippen molar-refractivity contribution in [1.82, 2.24) is 4.98 Å². The third kappa shape index (κ3) is 5.04. The number of pyridine rings is 1. The normalized spacial score (nSPS) is 19.7. The molecule has 0 radical (unpaired) electrons. The molecular weight excluding hydrogens is 553 g/mol. The molecule has 8 nitrogen and oxygen atoms in total. The van der Waals surface area contributed by atoms with Crippen LogP contribution in [0.15, 0.2) is 36.4 Å². The number of alkyl halides is 3. The summed E-state index contributed by atoms with van der Waals surface area (Å²) in [6, 6.07) is 6.51. The van der Waals surface area contributed by atoms with E-state index in [4.69, 9.17) is 25.7 Å². The number of methoxy groups -OCH3 is 1. The quantitative estimate of drug-likeness (QED) is 0.341. The number of aromatic nitrogens is 1. The van der Waals surface area contributed by atoms with E-state index in [2.05, 4.69) is 4.98 Å². The number of rotatable bonds is 8. The maximum Gasteiger partial charge on any atom is 0.414 e. The van der Waals surface area contributed by atoms with Crippen molar-refractivity contribution in [2.45, 2.75) is 49.6 Å². The molecule has 0 spiro atoms. The first kappa shape index (κ1) is 28.6. The number of fused-ring (bicyclic) bond motifs is 1. The fourth-order valence-corrected chi connectivity index (χ4v) is 4.75. The first-order valence-electron chi connectivity index (χ1n) is 12.5. The number of carbonyl (C=O) groups is 1. The second-order valence-corrected chi connectivity index (χ2v) is 10.4. The van der Waals surface area contributed by atoms with Crippen LogP contribution in [0.3, 0.4) is 0 Å². The molecule has 5 N–H and O–H groups in total. The number of ether oxygens (including phenoxy) is 3. The lowest BCUT2D eigenvalue weighted by molar-refractivity contribution is -0.191. The zero-order chi connectivity index (χ0) is 29.9. The average molecular weight is 580 g/mol. The number of nitrogens with two attached hydrogens (primary N) is 2. The lowest BCUT2D eigenvalue weighted by Gasteiger charge is -2.29. The zero-order valence-corrected chi connectivity index (χ0v) is 21.9. The van der Waals surface area contributed by atoms with E-state index in [0.29, 0.717) is 5.75 Å². The maximum atomic E-state index is 14.2. The summed E-state index contributed by atoms with van der Waals surface area (Å²) < 4.78 is 87.0. The molecule has 5 rings (SSSR count). The maximum absolute atomic E-state index is 14.2. The third-order valence-corrected chi connectivity index (χ3v) is 7.18. The van der Waals surface area contributed by atoms with E-state index < -0.39 is 53.4 Å². The van der Waals surface area contributed by atoms with E-state index in [0.717, 1.165) is 37.1 Å². The van der Waals surface area contributed by atoms with Gasteiger partial charge in [-0.2, -0.15) is 13.2 Å². The zero-order valence-electron chi connectivity index (χ0n) is 21.9. The molecule has 3 aromatic rings. The Morgan fingerprint density at radius 1 is 1.17 bits per heavy atom. The Labute approximate surface area is 231 Å². The van der Waals surface area contributed by atoms with Gasteiger partial charge in [0.1, 0.15) is 17.9 Å². The van der Waals surface area contributed by atoms with E-state index in [1.165, 1.54) is 26.2 Å². The van der Waals surface area contributed by atoms with Crippen molar-refractivity contribution >= 4 is 5.91 Å². The van der Waals surface area contributed by atoms with Crippen LogP contribution in [0.5, 0.6) is 17.2 Å². The molecule has 1 aromatic heterocycles. The fourth-order valence-electron chi connectivity index (χ4n) is 4.75. The Kier molecular flexibility index (Phi) is 6.85. The summed E-state index contributed by atoms with van der Waals surface area (Å²) in [4.78, 5) is 16.6. The van der Waals surface area contributed by atoms with Crippen LogP contribution in [-0.4, -0.2) is 42.0 Å². The van der Waals surface area contributed by atoms with Gasteiger partial charge >= 0.3 is 6.18 Å².